The van der Waals surface area contributed by atoms with Crippen LogP contribution in [0.2, 0.25) is 0 Å². The van der Waals surface area contributed by atoms with Gasteiger partial charge in [0.25, 0.3) is 5.54 Å². The number of Topliss-reactive ketones (excluding diaryl/α,β-unsaturated/α-hetero) is 1. The summed E-state index contributed by atoms with van der Waals surface area (Å²) in [6.45, 7) is 6.06. The second-order valence-electron chi connectivity index (χ2n) is 6.05. The lowest BCUT2D eigenvalue weighted by atomic mass is 9.69. The minimum Gasteiger partial charge on any atom is -0.464 e. The van der Waals surface area contributed by atoms with Gasteiger partial charge in [-0.05, 0) is 33.3 Å². The van der Waals surface area contributed by atoms with Crippen molar-refractivity contribution < 1.29 is 28.7 Å². The Morgan fingerprint density at radius 3 is 2.00 bits per heavy atom. The van der Waals surface area contributed by atoms with Crippen molar-refractivity contribution in [3.05, 3.63) is 35.9 Å². The summed E-state index contributed by atoms with van der Waals surface area (Å²) in [5.41, 5.74) is -1.37. The maximum Gasteiger partial charge on any atom is 0.345 e. The van der Waals surface area contributed by atoms with E-state index in [1.54, 1.807) is 45.0 Å². The van der Waals surface area contributed by atoms with Gasteiger partial charge in [-0.3, -0.25) is 9.59 Å². The number of carbonyl (C=O) groups excluding carboxylic acids is 4. The third kappa shape index (κ3) is 2.87. The van der Waals surface area contributed by atoms with Crippen molar-refractivity contribution in [2.45, 2.75) is 39.3 Å². The molecular formula is C19H23NO6. The molecule has 0 bridgehead atoms. The van der Waals surface area contributed by atoms with Gasteiger partial charge in [-0.2, -0.15) is 0 Å². The van der Waals surface area contributed by atoms with Crippen LogP contribution in [0.25, 0.3) is 0 Å². The molecule has 1 aromatic carbocycles. The van der Waals surface area contributed by atoms with Crippen LogP contribution in [0, 0.1) is 5.92 Å². The van der Waals surface area contributed by atoms with Gasteiger partial charge in [0.15, 0.2) is 0 Å². The van der Waals surface area contributed by atoms with E-state index in [2.05, 4.69) is 0 Å². The average Bonchev–Trinajstić information content (AvgIpc) is 2.59. The highest BCUT2D eigenvalue weighted by atomic mass is 16.6. The molecular weight excluding hydrogens is 338 g/mol. The summed E-state index contributed by atoms with van der Waals surface area (Å²) in [5.74, 6) is -4.49. The van der Waals surface area contributed by atoms with Gasteiger partial charge in [-0.25, -0.2) is 9.59 Å². The van der Waals surface area contributed by atoms with Crippen molar-refractivity contribution in [1.82, 2.24) is 4.90 Å². The van der Waals surface area contributed by atoms with E-state index in [4.69, 9.17) is 9.47 Å². The van der Waals surface area contributed by atoms with Crippen molar-refractivity contribution in [3.63, 3.8) is 0 Å². The maximum absolute atomic E-state index is 12.8. The Kier molecular flexibility index (Phi) is 5.79. The number of carbonyl (C=O) groups is 4. The zero-order valence-corrected chi connectivity index (χ0v) is 15.4. The van der Waals surface area contributed by atoms with E-state index in [0.717, 1.165) is 10.5 Å². The smallest absolute Gasteiger partial charge is 0.345 e. The fraction of sp³-hybridized carbons (Fsp3) is 0.474. The Morgan fingerprint density at radius 2 is 1.58 bits per heavy atom. The predicted molar refractivity (Wildman–Crippen MR) is 91.9 cm³/mol. The molecule has 1 amide bonds. The van der Waals surface area contributed by atoms with Gasteiger partial charge >= 0.3 is 11.9 Å². The van der Waals surface area contributed by atoms with Gasteiger partial charge in [0, 0.05) is 0 Å². The molecule has 1 aliphatic heterocycles. The van der Waals surface area contributed by atoms with Gasteiger partial charge < -0.3 is 14.4 Å². The second-order valence-corrected chi connectivity index (χ2v) is 6.05. The molecule has 7 heteroatoms. The highest BCUT2D eigenvalue weighted by Crippen LogP contribution is 2.46. The van der Waals surface area contributed by atoms with Gasteiger partial charge in [0.1, 0.15) is 11.7 Å². The molecule has 1 fully saturated rings. The number of hydrogen-bond donors (Lipinski definition) is 0. The first-order valence-electron chi connectivity index (χ1n) is 8.56. The number of nitrogens with zero attached hydrogens (tertiary/aromatic N) is 1. The van der Waals surface area contributed by atoms with Gasteiger partial charge in [-0.1, -0.05) is 30.3 Å². The van der Waals surface area contributed by atoms with E-state index >= 15 is 0 Å². The zero-order chi connectivity index (χ0) is 19.5. The molecule has 1 unspecified atom stereocenters. The molecule has 0 aromatic heterocycles. The molecule has 7 nitrogen and oxygen atoms in total. The van der Waals surface area contributed by atoms with Crippen LogP contribution in [0.1, 0.15) is 39.3 Å². The Labute approximate surface area is 152 Å². The Morgan fingerprint density at radius 1 is 1.08 bits per heavy atom. The SMILES string of the molecule is CCOC(=O)C1(C(=O)OCC)C(C(C)=O)C(=O)N1[C@@H](C)c1ccccc1. The summed E-state index contributed by atoms with van der Waals surface area (Å²) in [4.78, 5) is 51.6. The number of likely N-dealkylation sites (tertiary alicyclic amines) is 1. The summed E-state index contributed by atoms with van der Waals surface area (Å²) in [5, 5.41) is 0. The lowest BCUT2D eigenvalue weighted by molar-refractivity contribution is -0.207. The van der Waals surface area contributed by atoms with Gasteiger partial charge in [-0.15, -0.1) is 0 Å². The lowest BCUT2D eigenvalue weighted by Gasteiger charge is -2.54. The quantitative estimate of drug-likeness (QED) is 0.417. The molecule has 0 radical (unpaired) electrons. The van der Waals surface area contributed by atoms with Gasteiger partial charge in [0.2, 0.25) is 5.91 Å². The minimum atomic E-state index is -2.09. The van der Waals surface area contributed by atoms with E-state index in [0.29, 0.717) is 0 Å². The van der Waals surface area contributed by atoms with Crippen molar-refractivity contribution >= 4 is 23.6 Å². The monoisotopic (exact) mass is 361 g/mol. The molecule has 2 atom stereocenters. The number of amides is 1. The van der Waals surface area contributed by atoms with Crippen molar-refractivity contribution in [3.8, 4) is 0 Å². The first-order valence-corrected chi connectivity index (χ1v) is 8.56. The minimum absolute atomic E-state index is 0.00631. The number of rotatable bonds is 7. The largest absolute Gasteiger partial charge is 0.464 e. The Bertz CT molecular complexity index is 696. The van der Waals surface area contributed by atoms with Crippen LogP contribution in [-0.2, 0) is 28.7 Å². The maximum atomic E-state index is 12.8. The lowest BCUT2D eigenvalue weighted by Crippen LogP contribution is -2.80. The summed E-state index contributed by atoms with van der Waals surface area (Å²) in [6, 6.07) is 8.33. The molecule has 2 rings (SSSR count). The van der Waals surface area contributed by atoms with Crippen LogP contribution in [-0.4, -0.2) is 47.3 Å². The number of β-lactam (4-membered cyclic amide) rings is 1. The van der Waals surface area contributed by atoms with Crippen LogP contribution in [0.4, 0.5) is 0 Å². The summed E-state index contributed by atoms with van der Waals surface area (Å²) in [6.07, 6.45) is 0. The first kappa shape index (κ1) is 19.6. The molecule has 0 N–H and O–H groups in total. The van der Waals surface area contributed by atoms with Crippen molar-refractivity contribution in [2.75, 3.05) is 13.2 Å². The van der Waals surface area contributed by atoms with Crippen LogP contribution in [0.5, 0.6) is 0 Å². The van der Waals surface area contributed by atoms with E-state index in [9.17, 15) is 19.2 Å². The van der Waals surface area contributed by atoms with E-state index in [1.807, 2.05) is 6.07 Å². The third-order valence-corrected chi connectivity index (χ3v) is 4.53. The number of ether oxygens (including phenoxy) is 2. The molecule has 26 heavy (non-hydrogen) atoms. The number of benzene rings is 1. The number of ketones is 1. The van der Waals surface area contributed by atoms with E-state index < -0.39 is 41.1 Å². The molecule has 0 aliphatic carbocycles. The van der Waals surface area contributed by atoms with Crippen LogP contribution in [0.15, 0.2) is 30.3 Å². The average molecular weight is 361 g/mol. The van der Waals surface area contributed by atoms with Crippen LogP contribution in [0.3, 0.4) is 0 Å². The number of esters is 2. The van der Waals surface area contributed by atoms with Crippen molar-refractivity contribution in [2.24, 2.45) is 5.92 Å². The topological polar surface area (TPSA) is 90.0 Å². The molecule has 140 valence electrons. The Hall–Kier alpha value is -2.70. The second kappa shape index (κ2) is 7.68. The van der Waals surface area contributed by atoms with E-state index in [-0.39, 0.29) is 13.2 Å². The summed E-state index contributed by atoms with van der Waals surface area (Å²) >= 11 is 0. The molecule has 0 saturated carbocycles. The highest BCUT2D eigenvalue weighted by Gasteiger charge is 2.74. The molecule has 1 aromatic rings. The fourth-order valence-corrected chi connectivity index (χ4v) is 3.41. The fourth-order valence-electron chi connectivity index (χ4n) is 3.41. The van der Waals surface area contributed by atoms with Crippen LogP contribution >= 0.6 is 0 Å². The Balaban J connectivity index is 2.59. The number of hydrogen-bond acceptors (Lipinski definition) is 6. The molecule has 1 saturated heterocycles. The molecule has 1 heterocycles. The predicted octanol–water partition coefficient (Wildman–Crippen LogP) is 1.66. The van der Waals surface area contributed by atoms with Crippen molar-refractivity contribution in [1.29, 1.82) is 0 Å². The summed E-state index contributed by atoms with van der Waals surface area (Å²) in [7, 11) is 0. The summed E-state index contributed by atoms with van der Waals surface area (Å²) < 4.78 is 10.2. The molecule has 1 aliphatic rings. The highest BCUT2D eigenvalue weighted by molar-refractivity contribution is 6.24. The van der Waals surface area contributed by atoms with Gasteiger partial charge in [0.05, 0.1) is 19.3 Å². The standard InChI is InChI=1S/C19H23NO6/c1-5-25-17(23)19(18(24)26-6-2)15(13(4)21)16(22)20(19)12(3)14-10-8-7-9-11-14/h7-12,15H,5-6H2,1-4H3/t12-,15?/m0/s1. The van der Waals surface area contributed by atoms with E-state index in [1.165, 1.54) is 6.92 Å². The van der Waals surface area contributed by atoms with Crippen LogP contribution < -0.4 is 0 Å². The third-order valence-electron chi connectivity index (χ3n) is 4.53. The normalized spacial score (nSPS) is 19.3. The molecule has 0 spiro atoms. The first-order chi connectivity index (χ1) is 12.3. The zero-order valence-electron chi connectivity index (χ0n) is 15.4.